The monoisotopic (exact) mass is 462 g/mol. The molecule has 7 heteroatoms. The number of nitrogens with zero attached hydrogens (tertiary/aromatic N) is 3. The Morgan fingerprint density at radius 1 is 1.26 bits per heavy atom. The lowest BCUT2D eigenvalue weighted by Crippen LogP contribution is -2.39. The van der Waals surface area contributed by atoms with Crippen LogP contribution in [0, 0.1) is 17.3 Å². The molecule has 170 valence electrons. The van der Waals surface area contributed by atoms with Gasteiger partial charge in [0.05, 0.1) is 0 Å². The SMILES string of the molecule is CC(CC(=O)NCC1CCN(c2nc(Cc3ccc(Cl)cc3)ns2)CC1)CC(C)(C)C. The minimum atomic E-state index is 0.190. The van der Waals surface area contributed by atoms with Gasteiger partial charge in [0.15, 0.2) is 0 Å². The molecule has 1 aromatic heterocycles. The number of benzene rings is 1. The van der Waals surface area contributed by atoms with Gasteiger partial charge in [0, 0.05) is 49.0 Å². The second-order valence-electron chi connectivity index (χ2n) is 10.1. The quantitative estimate of drug-likeness (QED) is 0.556. The predicted molar refractivity (Wildman–Crippen MR) is 130 cm³/mol. The molecule has 3 rings (SSSR count). The smallest absolute Gasteiger partial charge is 0.220 e. The van der Waals surface area contributed by atoms with Gasteiger partial charge in [-0.15, -0.1) is 0 Å². The average Bonchev–Trinajstić information content (AvgIpc) is 3.15. The molecule has 1 amide bonds. The summed E-state index contributed by atoms with van der Waals surface area (Å²) in [5.74, 6) is 2.01. The summed E-state index contributed by atoms with van der Waals surface area (Å²) in [5.41, 5.74) is 1.44. The molecular formula is C24H35ClN4OS. The summed E-state index contributed by atoms with van der Waals surface area (Å²) in [6, 6.07) is 7.84. The van der Waals surface area contributed by atoms with Crippen LogP contribution in [0.3, 0.4) is 0 Å². The molecule has 1 aliphatic rings. The van der Waals surface area contributed by atoms with E-state index in [4.69, 9.17) is 16.6 Å². The Bertz CT molecular complexity index is 838. The molecule has 2 aromatic rings. The van der Waals surface area contributed by atoms with Crippen molar-refractivity contribution < 1.29 is 4.79 Å². The van der Waals surface area contributed by atoms with Crippen molar-refractivity contribution in [1.82, 2.24) is 14.7 Å². The van der Waals surface area contributed by atoms with E-state index in [9.17, 15) is 4.79 Å². The maximum Gasteiger partial charge on any atom is 0.220 e. The molecule has 1 atom stereocenters. The van der Waals surface area contributed by atoms with Crippen LogP contribution in [0.25, 0.3) is 0 Å². The fourth-order valence-electron chi connectivity index (χ4n) is 4.32. The maximum atomic E-state index is 12.3. The second kappa shape index (κ2) is 10.8. The molecule has 0 radical (unpaired) electrons. The van der Waals surface area contributed by atoms with Gasteiger partial charge in [-0.1, -0.05) is 51.4 Å². The van der Waals surface area contributed by atoms with E-state index in [1.165, 1.54) is 17.1 Å². The van der Waals surface area contributed by atoms with Gasteiger partial charge in [0.2, 0.25) is 11.0 Å². The van der Waals surface area contributed by atoms with Gasteiger partial charge in [0.1, 0.15) is 5.82 Å². The molecule has 5 nitrogen and oxygen atoms in total. The van der Waals surface area contributed by atoms with Gasteiger partial charge >= 0.3 is 0 Å². The van der Waals surface area contributed by atoms with E-state index in [1.54, 1.807) is 0 Å². The number of halogens is 1. The van der Waals surface area contributed by atoms with Crippen molar-refractivity contribution in [1.29, 1.82) is 0 Å². The van der Waals surface area contributed by atoms with E-state index >= 15 is 0 Å². The molecule has 1 N–H and O–H groups in total. The zero-order chi connectivity index (χ0) is 22.4. The number of anilines is 1. The summed E-state index contributed by atoms with van der Waals surface area (Å²) in [6.07, 6.45) is 4.57. The summed E-state index contributed by atoms with van der Waals surface area (Å²) in [7, 11) is 0. The number of rotatable bonds is 8. The fourth-order valence-corrected chi connectivity index (χ4v) is 5.19. The molecule has 1 fully saturated rings. The van der Waals surface area contributed by atoms with E-state index in [-0.39, 0.29) is 11.3 Å². The Hall–Kier alpha value is -1.66. The highest BCUT2D eigenvalue weighted by Crippen LogP contribution is 2.27. The first-order valence-electron chi connectivity index (χ1n) is 11.3. The van der Waals surface area contributed by atoms with Crippen molar-refractivity contribution in [3.8, 4) is 0 Å². The zero-order valence-electron chi connectivity index (χ0n) is 19.2. The summed E-state index contributed by atoms with van der Waals surface area (Å²) in [6.45, 7) is 11.6. The Kier molecular flexibility index (Phi) is 8.34. The molecule has 0 saturated carbocycles. The third kappa shape index (κ3) is 8.08. The van der Waals surface area contributed by atoms with Gasteiger partial charge < -0.3 is 10.2 Å². The van der Waals surface area contributed by atoms with Crippen LogP contribution >= 0.6 is 23.1 Å². The third-order valence-corrected chi connectivity index (χ3v) is 6.77. The van der Waals surface area contributed by atoms with Crippen LogP contribution in [0.4, 0.5) is 5.13 Å². The van der Waals surface area contributed by atoms with Crippen molar-refractivity contribution in [3.05, 3.63) is 40.7 Å². The number of hydrogen-bond acceptors (Lipinski definition) is 5. The molecule has 1 aliphatic heterocycles. The van der Waals surface area contributed by atoms with Crippen molar-refractivity contribution >= 4 is 34.2 Å². The summed E-state index contributed by atoms with van der Waals surface area (Å²) < 4.78 is 4.54. The van der Waals surface area contributed by atoms with Crippen LogP contribution in [0.15, 0.2) is 24.3 Å². The third-order valence-electron chi connectivity index (χ3n) is 5.70. The Morgan fingerprint density at radius 2 is 1.94 bits per heavy atom. The predicted octanol–water partition coefficient (Wildman–Crippen LogP) is 5.58. The number of piperidine rings is 1. The van der Waals surface area contributed by atoms with E-state index in [2.05, 4.69) is 42.3 Å². The lowest BCUT2D eigenvalue weighted by Gasteiger charge is -2.31. The number of carbonyl (C=O) groups excluding carboxylic acids is 1. The van der Waals surface area contributed by atoms with Crippen molar-refractivity contribution in [2.75, 3.05) is 24.5 Å². The van der Waals surface area contributed by atoms with E-state index in [0.29, 0.717) is 18.3 Å². The van der Waals surface area contributed by atoms with Crippen LogP contribution in [0.1, 0.15) is 64.8 Å². The first-order valence-corrected chi connectivity index (χ1v) is 12.4. The Morgan fingerprint density at radius 3 is 2.58 bits per heavy atom. The first-order chi connectivity index (χ1) is 14.7. The molecular weight excluding hydrogens is 428 g/mol. The molecule has 1 aromatic carbocycles. The van der Waals surface area contributed by atoms with E-state index in [0.717, 1.165) is 61.3 Å². The standard InChI is InChI=1S/C24H35ClN4OS/c1-17(15-24(2,3)4)13-22(30)26-16-19-9-11-29(12-10-19)23-27-21(28-31-23)14-18-5-7-20(25)8-6-18/h5-8,17,19H,9-16H2,1-4H3,(H,26,30). The van der Waals surface area contributed by atoms with Crippen molar-refractivity contribution in [3.63, 3.8) is 0 Å². The molecule has 0 bridgehead atoms. The van der Waals surface area contributed by atoms with Crippen LogP contribution in [0.2, 0.25) is 5.02 Å². The highest BCUT2D eigenvalue weighted by atomic mass is 35.5. The summed E-state index contributed by atoms with van der Waals surface area (Å²) in [5, 5.41) is 4.91. The molecule has 31 heavy (non-hydrogen) atoms. The average molecular weight is 463 g/mol. The Labute approximate surface area is 195 Å². The fraction of sp³-hybridized carbons (Fsp3) is 0.625. The van der Waals surface area contributed by atoms with E-state index in [1.807, 2.05) is 24.3 Å². The van der Waals surface area contributed by atoms with Crippen LogP contribution in [-0.4, -0.2) is 34.9 Å². The second-order valence-corrected chi connectivity index (χ2v) is 11.3. The molecule has 2 heterocycles. The largest absolute Gasteiger partial charge is 0.356 e. The summed E-state index contributed by atoms with van der Waals surface area (Å²) >= 11 is 7.44. The van der Waals surface area contributed by atoms with Gasteiger partial charge in [-0.05, 0) is 54.2 Å². The number of hydrogen-bond donors (Lipinski definition) is 1. The minimum absolute atomic E-state index is 0.190. The van der Waals surface area contributed by atoms with Crippen LogP contribution < -0.4 is 10.2 Å². The van der Waals surface area contributed by atoms with Gasteiger partial charge in [-0.25, -0.2) is 4.98 Å². The van der Waals surface area contributed by atoms with Crippen LogP contribution in [0.5, 0.6) is 0 Å². The van der Waals surface area contributed by atoms with Gasteiger partial charge in [-0.2, -0.15) is 4.37 Å². The molecule has 0 aliphatic carbocycles. The van der Waals surface area contributed by atoms with Gasteiger partial charge in [0.25, 0.3) is 0 Å². The minimum Gasteiger partial charge on any atom is -0.356 e. The first kappa shape index (κ1) is 24.0. The lowest BCUT2D eigenvalue weighted by atomic mass is 9.84. The van der Waals surface area contributed by atoms with Gasteiger partial charge in [-0.3, -0.25) is 4.79 Å². The van der Waals surface area contributed by atoms with E-state index < -0.39 is 0 Å². The van der Waals surface area contributed by atoms with Crippen LogP contribution in [-0.2, 0) is 11.2 Å². The zero-order valence-corrected chi connectivity index (χ0v) is 20.7. The number of nitrogens with one attached hydrogen (secondary N) is 1. The number of carbonyl (C=O) groups is 1. The highest BCUT2D eigenvalue weighted by molar-refractivity contribution is 7.09. The Balaban J connectivity index is 1.39. The van der Waals surface area contributed by atoms with Crippen molar-refractivity contribution in [2.24, 2.45) is 17.3 Å². The lowest BCUT2D eigenvalue weighted by molar-refractivity contribution is -0.122. The maximum absolute atomic E-state index is 12.3. The molecule has 1 unspecified atom stereocenters. The van der Waals surface area contributed by atoms with Crippen molar-refractivity contribution in [2.45, 2.75) is 59.8 Å². The summed E-state index contributed by atoms with van der Waals surface area (Å²) in [4.78, 5) is 19.4. The molecule has 0 spiro atoms. The molecule has 1 saturated heterocycles. The number of amides is 1. The normalized spacial score (nSPS) is 16.4. The highest BCUT2D eigenvalue weighted by Gasteiger charge is 2.23. The topological polar surface area (TPSA) is 58.1 Å². The number of aromatic nitrogens is 2.